The Labute approximate surface area is 135 Å². The Morgan fingerprint density at radius 2 is 2.14 bits per heavy atom. The van der Waals surface area contributed by atoms with Crippen LogP contribution in [0, 0.1) is 0 Å². The first-order chi connectivity index (χ1) is 10.6. The van der Waals surface area contributed by atoms with E-state index in [2.05, 4.69) is 22.2 Å². The zero-order valence-electron chi connectivity index (χ0n) is 12.7. The number of hydrogen-bond donors (Lipinski definition) is 1. The molecule has 5 nitrogen and oxygen atoms in total. The first-order valence-electron chi connectivity index (χ1n) is 7.12. The van der Waals surface area contributed by atoms with Gasteiger partial charge in [-0.05, 0) is 37.7 Å². The molecule has 2 aromatic rings. The molecule has 1 N–H and O–H groups in total. The summed E-state index contributed by atoms with van der Waals surface area (Å²) in [4.78, 5) is 22.5. The molecule has 2 heterocycles. The zero-order chi connectivity index (χ0) is 15.9. The van der Waals surface area contributed by atoms with E-state index in [1.165, 1.54) is 6.20 Å². The Kier molecular flexibility index (Phi) is 5.86. The molecule has 1 unspecified atom stereocenters. The lowest BCUT2D eigenvalue weighted by Crippen LogP contribution is -2.33. The summed E-state index contributed by atoms with van der Waals surface area (Å²) < 4.78 is 0. The van der Waals surface area contributed by atoms with E-state index in [0.717, 1.165) is 12.1 Å². The van der Waals surface area contributed by atoms with Gasteiger partial charge in [0, 0.05) is 12.4 Å². The molecule has 0 fully saturated rings. The maximum Gasteiger partial charge on any atom is 0.239 e. The van der Waals surface area contributed by atoms with E-state index in [4.69, 9.17) is 11.6 Å². The van der Waals surface area contributed by atoms with Crippen molar-refractivity contribution < 1.29 is 4.79 Å². The van der Waals surface area contributed by atoms with Crippen LogP contribution in [0.15, 0.2) is 42.7 Å². The fourth-order valence-corrected chi connectivity index (χ4v) is 2.40. The summed E-state index contributed by atoms with van der Waals surface area (Å²) in [5.74, 6) is 0.375. The molecule has 1 atom stereocenters. The molecule has 0 saturated heterocycles. The van der Waals surface area contributed by atoms with E-state index >= 15 is 0 Å². The third-order valence-corrected chi connectivity index (χ3v) is 3.56. The third kappa shape index (κ3) is 4.51. The van der Waals surface area contributed by atoms with E-state index in [9.17, 15) is 4.79 Å². The fourth-order valence-electron chi connectivity index (χ4n) is 2.29. The average molecular weight is 319 g/mol. The Hall–Kier alpha value is -1.98. The second-order valence-corrected chi connectivity index (χ2v) is 5.44. The van der Waals surface area contributed by atoms with Crippen LogP contribution in [0.1, 0.15) is 25.1 Å². The molecule has 0 spiro atoms. The van der Waals surface area contributed by atoms with E-state index in [0.29, 0.717) is 10.8 Å². The summed E-state index contributed by atoms with van der Waals surface area (Å²) in [6, 6.07) is 9.28. The molecule has 0 bridgehead atoms. The predicted molar refractivity (Wildman–Crippen MR) is 87.8 cm³/mol. The standard InChI is InChI=1S/C16H19ClN4O/c1-3-14(13-6-4-5-9-18-13)21(2)11-16(22)20-15-8-7-12(17)10-19-15/h4-10,14H,3,11H2,1-2H3,(H,19,20,22). The number of nitrogens with one attached hydrogen (secondary N) is 1. The summed E-state index contributed by atoms with van der Waals surface area (Å²) in [7, 11) is 1.91. The van der Waals surface area contributed by atoms with Crippen LogP contribution < -0.4 is 5.32 Å². The molecular formula is C16H19ClN4O. The summed E-state index contributed by atoms with van der Waals surface area (Å²) in [6.07, 6.45) is 4.15. The molecule has 2 aromatic heterocycles. The van der Waals surface area contributed by atoms with Gasteiger partial charge in [0.1, 0.15) is 5.82 Å². The molecule has 2 rings (SSSR count). The summed E-state index contributed by atoms with van der Waals surface area (Å²) in [5.41, 5.74) is 0.963. The Bertz CT molecular complexity index is 603. The zero-order valence-corrected chi connectivity index (χ0v) is 13.4. The van der Waals surface area contributed by atoms with Crippen molar-refractivity contribution in [3.05, 3.63) is 53.4 Å². The second kappa shape index (κ2) is 7.87. The third-order valence-electron chi connectivity index (χ3n) is 3.34. The van der Waals surface area contributed by atoms with Crippen LogP contribution in [0.25, 0.3) is 0 Å². The van der Waals surface area contributed by atoms with E-state index in [1.807, 2.05) is 30.1 Å². The highest BCUT2D eigenvalue weighted by atomic mass is 35.5. The number of rotatable bonds is 6. The minimum atomic E-state index is -0.119. The van der Waals surface area contributed by atoms with Crippen molar-refractivity contribution in [2.75, 3.05) is 18.9 Å². The number of pyridine rings is 2. The van der Waals surface area contributed by atoms with Crippen LogP contribution in [-0.4, -0.2) is 34.4 Å². The van der Waals surface area contributed by atoms with Crippen LogP contribution in [0.3, 0.4) is 0 Å². The number of carbonyl (C=O) groups is 1. The number of aromatic nitrogens is 2. The van der Waals surface area contributed by atoms with Crippen LogP contribution in [-0.2, 0) is 4.79 Å². The molecule has 22 heavy (non-hydrogen) atoms. The van der Waals surface area contributed by atoms with Crippen molar-refractivity contribution in [3.63, 3.8) is 0 Å². The predicted octanol–water partition coefficient (Wildman–Crippen LogP) is 3.15. The van der Waals surface area contributed by atoms with Crippen molar-refractivity contribution in [2.45, 2.75) is 19.4 Å². The Balaban J connectivity index is 1.96. The Morgan fingerprint density at radius 3 is 2.73 bits per heavy atom. The van der Waals surface area contributed by atoms with Gasteiger partial charge >= 0.3 is 0 Å². The molecule has 0 aliphatic heterocycles. The number of carbonyl (C=O) groups excluding carboxylic acids is 1. The number of amides is 1. The maximum absolute atomic E-state index is 12.1. The summed E-state index contributed by atoms with van der Waals surface area (Å²) >= 11 is 5.77. The van der Waals surface area contributed by atoms with Crippen molar-refractivity contribution in [2.24, 2.45) is 0 Å². The number of halogens is 1. The van der Waals surface area contributed by atoms with Gasteiger partial charge in [-0.25, -0.2) is 4.98 Å². The van der Waals surface area contributed by atoms with Gasteiger partial charge in [-0.2, -0.15) is 0 Å². The smallest absolute Gasteiger partial charge is 0.239 e. The van der Waals surface area contributed by atoms with Crippen molar-refractivity contribution in [1.29, 1.82) is 0 Å². The molecule has 116 valence electrons. The molecule has 0 aromatic carbocycles. The first-order valence-corrected chi connectivity index (χ1v) is 7.50. The molecule has 1 amide bonds. The summed E-state index contributed by atoms with van der Waals surface area (Å²) in [6.45, 7) is 2.34. The van der Waals surface area contributed by atoms with E-state index in [1.54, 1.807) is 18.3 Å². The highest BCUT2D eigenvalue weighted by molar-refractivity contribution is 6.30. The number of hydrogen-bond acceptors (Lipinski definition) is 4. The van der Waals surface area contributed by atoms with Gasteiger partial charge in [0.2, 0.25) is 5.91 Å². The molecule has 0 aliphatic rings. The number of nitrogens with zero attached hydrogens (tertiary/aromatic N) is 3. The fraction of sp³-hybridized carbons (Fsp3) is 0.312. The highest BCUT2D eigenvalue weighted by Crippen LogP contribution is 2.20. The van der Waals surface area contributed by atoms with Crippen LogP contribution in [0.2, 0.25) is 5.02 Å². The average Bonchev–Trinajstić information content (AvgIpc) is 2.51. The first kappa shape index (κ1) is 16.4. The largest absolute Gasteiger partial charge is 0.310 e. The van der Waals surface area contributed by atoms with Crippen molar-refractivity contribution in [3.8, 4) is 0 Å². The molecule has 0 aliphatic carbocycles. The van der Waals surface area contributed by atoms with Gasteiger partial charge in [-0.1, -0.05) is 24.6 Å². The monoisotopic (exact) mass is 318 g/mol. The number of anilines is 1. The van der Waals surface area contributed by atoms with Gasteiger partial charge in [0.15, 0.2) is 0 Å². The lowest BCUT2D eigenvalue weighted by atomic mass is 10.1. The minimum absolute atomic E-state index is 0.102. The van der Waals surface area contributed by atoms with E-state index in [-0.39, 0.29) is 18.5 Å². The van der Waals surface area contributed by atoms with Gasteiger partial charge < -0.3 is 5.32 Å². The normalized spacial score (nSPS) is 12.2. The highest BCUT2D eigenvalue weighted by Gasteiger charge is 2.18. The van der Waals surface area contributed by atoms with E-state index < -0.39 is 0 Å². The minimum Gasteiger partial charge on any atom is -0.310 e. The van der Waals surface area contributed by atoms with Crippen LogP contribution in [0.4, 0.5) is 5.82 Å². The van der Waals surface area contributed by atoms with Crippen LogP contribution >= 0.6 is 11.6 Å². The van der Waals surface area contributed by atoms with Gasteiger partial charge in [0.05, 0.1) is 23.3 Å². The molecule has 0 saturated carbocycles. The van der Waals surface area contributed by atoms with Gasteiger partial charge in [-0.3, -0.25) is 14.7 Å². The molecule has 6 heteroatoms. The second-order valence-electron chi connectivity index (χ2n) is 5.00. The van der Waals surface area contributed by atoms with Gasteiger partial charge in [0.25, 0.3) is 0 Å². The van der Waals surface area contributed by atoms with Gasteiger partial charge in [-0.15, -0.1) is 0 Å². The Morgan fingerprint density at radius 1 is 1.32 bits per heavy atom. The number of likely N-dealkylation sites (N-methyl/N-ethyl adjacent to an activating group) is 1. The van der Waals surface area contributed by atoms with Crippen molar-refractivity contribution in [1.82, 2.24) is 14.9 Å². The molecular weight excluding hydrogens is 300 g/mol. The summed E-state index contributed by atoms with van der Waals surface area (Å²) in [5, 5.41) is 3.30. The SMILES string of the molecule is CCC(c1ccccn1)N(C)CC(=O)Nc1ccc(Cl)cn1. The lowest BCUT2D eigenvalue weighted by molar-refractivity contribution is -0.117. The van der Waals surface area contributed by atoms with Crippen LogP contribution in [0.5, 0.6) is 0 Å². The molecule has 0 radical (unpaired) electrons. The quantitative estimate of drug-likeness (QED) is 0.889. The van der Waals surface area contributed by atoms with Crippen molar-refractivity contribution >= 4 is 23.3 Å². The lowest BCUT2D eigenvalue weighted by Gasteiger charge is -2.25. The maximum atomic E-state index is 12.1. The topological polar surface area (TPSA) is 58.1 Å².